The Labute approximate surface area is 193 Å². The summed E-state index contributed by atoms with van der Waals surface area (Å²) in [6.45, 7) is 1.44. The van der Waals surface area contributed by atoms with Crippen molar-refractivity contribution in [3.05, 3.63) is 10.1 Å². The van der Waals surface area contributed by atoms with Crippen molar-refractivity contribution in [2.24, 2.45) is 17.8 Å². The molecule has 4 rings (SSSR count). The fourth-order valence-corrected chi connectivity index (χ4v) is 8.33. The standard InChI is InChI=1S/C17H19Cl7O3/c18-3-4-25-6-9-7-26-14(27-9)8-1-2-10-11(5-8)16(22)13(20)12(19)15(10,21)17(16,23)24/h8-11,14H,1-7H2. The predicted octanol–water partition coefficient (Wildman–Crippen LogP) is 5.86. The van der Waals surface area contributed by atoms with Gasteiger partial charge in [-0.1, -0.05) is 46.4 Å². The zero-order valence-corrected chi connectivity index (χ0v) is 19.5. The normalized spacial score (nSPS) is 48.3. The van der Waals surface area contributed by atoms with Crippen LogP contribution < -0.4 is 0 Å². The lowest BCUT2D eigenvalue weighted by Crippen LogP contribution is -2.44. The first-order chi connectivity index (χ1) is 12.7. The number of allylic oxidation sites excluding steroid dienone is 2. The van der Waals surface area contributed by atoms with Gasteiger partial charge in [-0.2, -0.15) is 0 Å². The van der Waals surface area contributed by atoms with E-state index in [1.54, 1.807) is 0 Å². The van der Waals surface area contributed by atoms with Crippen LogP contribution in [0.4, 0.5) is 0 Å². The van der Waals surface area contributed by atoms with Gasteiger partial charge in [0.25, 0.3) is 0 Å². The van der Waals surface area contributed by atoms with E-state index in [9.17, 15) is 0 Å². The van der Waals surface area contributed by atoms with Gasteiger partial charge in [0.05, 0.1) is 29.9 Å². The first kappa shape index (κ1) is 21.9. The molecule has 0 N–H and O–H groups in total. The molecule has 4 aliphatic rings. The fourth-order valence-electron chi connectivity index (χ4n) is 5.09. The zero-order valence-electron chi connectivity index (χ0n) is 14.2. The lowest BCUT2D eigenvalue weighted by atomic mass is 9.68. The minimum Gasteiger partial charge on any atom is -0.377 e. The third kappa shape index (κ3) is 2.94. The average molecular weight is 520 g/mol. The Morgan fingerprint density at radius 1 is 1.00 bits per heavy atom. The Bertz CT molecular complexity index is 644. The maximum absolute atomic E-state index is 6.95. The van der Waals surface area contributed by atoms with E-state index in [0.29, 0.717) is 32.1 Å². The quantitative estimate of drug-likeness (QED) is 0.336. The monoisotopic (exact) mass is 516 g/mol. The average Bonchev–Trinajstić information content (AvgIpc) is 3.20. The summed E-state index contributed by atoms with van der Waals surface area (Å²) in [6.07, 6.45) is 1.90. The van der Waals surface area contributed by atoms with Crippen LogP contribution in [0.1, 0.15) is 19.3 Å². The number of alkyl halides is 5. The highest BCUT2D eigenvalue weighted by atomic mass is 35.5. The Morgan fingerprint density at radius 3 is 2.33 bits per heavy atom. The summed E-state index contributed by atoms with van der Waals surface area (Å²) in [4.78, 5) is -2.37. The molecule has 0 aromatic heterocycles. The van der Waals surface area contributed by atoms with E-state index in [4.69, 9.17) is 95.4 Å². The van der Waals surface area contributed by atoms with Crippen molar-refractivity contribution in [3.63, 3.8) is 0 Å². The van der Waals surface area contributed by atoms with Crippen molar-refractivity contribution in [1.82, 2.24) is 0 Å². The van der Waals surface area contributed by atoms with Crippen molar-refractivity contribution in [3.8, 4) is 0 Å². The van der Waals surface area contributed by atoms with Crippen LogP contribution in [0.5, 0.6) is 0 Å². The van der Waals surface area contributed by atoms with E-state index < -0.39 is 14.1 Å². The van der Waals surface area contributed by atoms with Crippen molar-refractivity contribution in [1.29, 1.82) is 0 Å². The molecule has 3 fully saturated rings. The van der Waals surface area contributed by atoms with Gasteiger partial charge in [0.15, 0.2) is 10.6 Å². The maximum Gasteiger partial charge on any atom is 0.166 e. The van der Waals surface area contributed by atoms with Crippen LogP contribution in [-0.2, 0) is 14.2 Å². The summed E-state index contributed by atoms with van der Waals surface area (Å²) in [7, 11) is 0. The molecule has 0 spiro atoms. The maximum atomic E-state index is 6.95. The number of hydrogen-bond donors (Lipinski definition) is 0. The molecule has 10 heteroatoms. The van der Waals surface area contributed by atoms with Crippen LogP contribution >= 0.6 is 81.2 Å². The molecule has 2 saturated carbocycles. The van der Waals surface area contributed by atoms with Gasteiger partial charge in [0.1, 0.15) is 15.9 Å². The molecule has 3 nitrogen and oxygen atoms in total. The summed E-state index contributed by atoms with van der Waals surface area (Å²) in [5.74, 6) is 0.434. The Balaban J connectivity index is 1.49. The minimum absolute atomic E-state index is 0.0535. The number of fused-ring (bicyclic) bond motifs is 5. The third-order valence-electron chi connectivity index (χ3n) is 6.34. The van der Waals surface area contributed by atoms with E-state index in [1.807, 2.05) is 0 Å². The van der Waals surface area contributed by atoms with Crippen LogP contribution in [0.2, 0.25) is 0 Å². The molecule has 2 bridgehead atoms. The van der Waals surface area contributed by atoms with Gasteiger partial charge in [0, 0.05) is 11.8 Å². The van der Waals surface area contributed by atoms with Crippen LogP contribution in [0, 0.1) is 17.8 Å². The van der Waals surface area contributed by atoms with Crippen LogP contribution in [0.15, 0.2) is 10.1 Å². The molecular weight excluding hydrogens is 500 g/mol. The van der Waals surface area contributed by atoms with Crippen molar-refractivity contribution >= 4 is 81.2 Å². The summed E-state index contributed by atoms with van der Waals surface area (Å²) in [5.41, 5.74) is 0. The van der Waals surface area contributed by atoms with Gasteiger partial charge in [-0.3, -0.25) is 0 Å². The van der Waals surface area contributed by atoms with Crippen molar-refractivity contribution in [2.75, 3.05) is 25.7 Å². The summed E-state index contributed by atoms with van der Waals surface area (Å²) in [6, 6.07) is 0. The Hall–Kier alpha value is 1.65. The number of halogens is 7. The van der Waals surface area contributed by atoms with Crippen LogP contribution in [0.3, 0.4) is 0 Å². The van der Waals surface area contributed by atoms with E-state index in [0.717, 1.165) is 12.8 Å². The molecule has 1 heterocycles. The summed E-state index contributed by atoms with van der Waals surface area (Å²) in [5, 5.41) is 0.531. The summed E-state index contributed by atoms with van der Waals surface area (Å²) >= 11 is 45.7. The second-order valence-electron chi connectivity index (χ2n) is 7.64. The minimum atomic E-state index is -1.48. The molecule has 0 aromatic rings. The number of rotatable bonds is 5. The molecule has 0 radical (unpaired) electrons. The third-order valence-corrected chi connectivity index (χ3v) is 10.8. The lowest BCUT2D eigenvalue weighted by Gasteiger charge is -2.43. The molecule has 1 aliphatic heterocycles. The van der Waals surface area contributed by atoms with Gasteiger partial charge in [0.2, 0.25) is 0 Å². The molecule has 27 heavy (non-hydrogen) atoms. The number of hydrogen-bond acceptors (Lipinski definition) is 3. The first-order valence-electron chi connectivity index (χ1n) is 8.92. The second kappa shape index (κ2) is 7.65. The van der Waals surface area contributed by atoms with E-state index >= 15 is 0 Å². The second-order valence-corrected chi connectivity index (χ2v) is 11.3. The van der Waals surface area contributed by atoms with E-state index in [2.05, 4.69) is 0 Å². The first-order valence-corrected chi connectivity index (χ1v) is 11.7. The van der Waals surface area contributed by atoms with Crippen molar-refractivity contribution in [2.45, 2.75) is 45.7 Å². The smallest absolute Gasteiger partial charge is 0.166 e. The Kier molecular flexibility index (Phi) is 6.20. The summed E-state index contributed by atoms with van der Waals surface area (Å²) < 4.78 is 15.9. The zero-order chi connectivity index (χ0) is 19.6. The van der Waals surface area contributed by atoms with Gasteiger partial charge >= 0.3 is 0 Å². The molecule has 1 saturated heterocycles. The molecule has 154 valence electrons. The Morgan fingerprint density at radius 2 is 1.67 bits per heavy atom. The largest absolute Gasteiger partial charge is 0.377 e. The molecule has 0 amide bonds. The molecule has 7 unspecified atom stereocenters. The SMILES string of the molecule is ClCCOCC1COC(C2CCC3C(C2)C2(Cl)C(Cl)=C(Cl)C3(Cl)C2(Cl)Cl)O1. The van der Waals surface area contributed by atoms with Crippen LogP contribution in [-0.4, -0.2) is 52.2 Å². The van der Waals surface area contributed by atoms with Crippen LogP contribution in [0.25, 0.3) is 0 Å². The highest BCUT2D eigenvalue weighted by molar-refractivity contribution is 6.65. The lowest BCUT2D eigenvalue weighted by molar-refractivity contribution is -0.120. The molecule has 0 aromatic carbocycles. The highest BCUT2D eigenvalue weighted by Crippen LogP contribution is 2.78. The van der Waals surface area contributed by atoms with E-state index in [-0.39, 0.29) is 40.2 Å². The highest BCUT2D eigenvalue weighted by Gasteiger charge is 2.82. The van der Waals surface area contributed by atoms with Gasteiger partial charge in [-0.05, 0) is 31.1 Å². The van der Waals surface area contributed by atoms with Gasteiger partial charge < -0.3 is 14.2 Å². The molecule has 3 aliphatic carbocycles. The molecular formula is C17H19Cl7O3. The van der Waals surface area contributed by atoms with Gasteiger partial charge in [-0.25, -0.2) is 0 Å². The fraction of sp³-hybridized carbons (Fsp3) is 0.882. The topological polar surface area (TPSA) is 27.7 Å². The van der Waals surface area contributed by atoms with Crippen molar-refractivity contribution < 1.29 is 14.2 Å². The predicted molar refractivity (Wildman–Crippen MR) is 111 cm³/mol. The molecule has 7 atom stereocenters. The number of ether oxygens (including phenoxy) is 3. The van der Waals surface area contributed by atoms with Gasteiger partial charge in [-0.15, -0.1) is 34.8 Å². The van der Waals surface area contributed by atoms with E-state index in [1.165, 1.54) is 0 Å².